The standard InChI is InChI=1S/C11H19N3O3.ClH/c1-7(2)14-10(16)6-8(11(14)17)13-9(15)4-5-12-3;/h7-8,12H,4-6H2,1-3H3,(H,13,15);1H. The molecule has 7 heteroatoms. The highest BCUT2D eigenvalue weighted by Crippen LogP contribution is 2.16. The Kier molecular flexibility index (Phi) is 6.86. The minimum absolute atomic E-state index is 0. The molecule has 1 saturated heterocycles. The molecule has 0 radical (unpaired) electrons. The van der Waals surface area contributed by atoms with Gasteiger partial charge in [-0.3, -0.25) is 19.3 Å². The molecule has 1 aliphatic rings. The highest BCUT2D eigenvalue weighted by Gasteiger charge is 2.40. The summed E-state index contributed by atoms with van der Waals surface area (Å²) in [6.07, 6.45) is 0.373. The zero-order chi connectivity index (χ0) is 13.0. The molecule has 0 aromatic heterocycles. The van der Waals surface area contributed by atoms with E-state index in [2.05, 4.69) is 10.6 Å². The summed E-state index contributed by atoms with van der Waals surface area (Å²) in [5.41, 5.74) is 0. The fraction of sp³-hybridized carbons (Fsp3) is 0.727. The van der Waals surface area contributed by atoms with E-state index in [1.807, 2.05) is 0 Å². The maximum Gasteiger partial charge on any atom is 0.252 e. The molecule has 1 heterocycles. The zero-order valence-electron chi connectivity index (χ0n) is 10.9. The average molecular weight is 278 g/mol. The molecule has 1 fully saturated rings. The van der Waals surface area contributed by atoms with Gasteiger partial charge in [-0.1, -0.05) is 0 Å². The molecule has 0 aromatic carbocycles. The lowest BCUT2D eigenvalue weighted by atomic mass is 10.2. The number of nitrogens with one attached hydrogen (secondary N) is 2. The molecular formula is C11H20ClN3O3. The predicted molar refractivity (Wildman–Crippen MR) is 69.3 cm³/mol. The summed E-state index contributed by atoms with van der Waals surface area (Å²) in [6, 6.07) is -0.844. The topological polar surface area (TPSA) is 78.5 Å². The molecule has 104 valence electrons. The maximum absolute atomic E-state index is 11.8. The van der Waals surface area contributed by atoms with Crippen LogP contribution in [0.2, 0.25) is 0 Å². The van der Waals surface area contributed by atoms with Crippen LogP contribution in [0.25, 0.3) is 0 Å². The van der Waals surface area contributed by atoms with Crippen molar-refractivity contribution in [2.24, 2.45) is 0 Å². The zero-order valence-corrected chi connectivity index (χ0v) is 11.7. The number of hydrogen-bond acceptors (Lipinski definition) is 4. The highest BCUT2D eigenvalue weighted by molar-refractivity contribution is 6.07. The molecule has 0 bridgehead atoms. The van der Waals surface area contributed by atoms with Crippen LogP contribution in [0.4, 0.5) is 0 Å². The van der Waals surface area contributed by atoms with E-state index >= 15 is 0 Å². The van der Waals surface area contributed by atoms with Gasteiger partial charge in [0.05, 0.1) is 6.42 Å². The smallest absolute Gasteiger partial charge is 0.252 e. The summed E-state index contributed by atoms with van der Waals surface area (Å²) in [4.78, 5) is 36.1. The van der Waals surface area contributed by atoms with Gasteiger partial charge in [-0.2, -0.15) is 0 Å². The molecule has 0 saturated carbocycles. The number of amides is 3. The number of nitrogens with zero attached hydrogens (tertiary/aromatic N) is 1. The molecule has 1 rings (SSSR count). The van der Waals surface area contributed by atoms with Crippen LogP contribution in [0.5, 0.6) is 0 Å². The van der Waals surface area contributed by atoms with Crippen LogP contribution in [-0.2, 0) is 14.4 Å². The molecule has 2 N–H and O–H groups in total. The molecule has 3 amide bonds. The van der Waals surface area contributed by atoms with E-state index in [1.165, 1.54) is 4.90 Å². The monoisotopic (exact) mass is 277 g/mol. The van der Waals surface area contributed by atoms with Crippen molar-refractivity contribution in [1.29, 1.82) is 0 Å². The van der Waals surface area contributed by atoms with Crippen LogP contribution in [0, 0.1) is 0 Å². The van der Waals surface area contributed by atoms with E-state index in [0.29, 0.717) is 13.0 Å². The lowest BCUT2D eigenvalue weighted by Gasteiger charge is -2.19. The maximum atomic E-state index is 11.8. The summed E-state index contributed by atoms with van der Waals surface area (Å²) in [6.45, 7) is 4.11. The van der Waals surface area contributed by atoms with Gasteiger partial charge in [0, 0.05) is 19.0 Å². The van der Waals surface area contributed by atoms with E-state index in [9.17, 15) is 14.4 Å². The first-order valence-electron chi connectivity index (χ1n) is 5.77. The molecule has 0 aromatic rings. The highest BCUT2D eigenvalue weighted by atomic mass is 35.5. The Morgan fingerprint density at radius 1 is 1.44 bits per heavy atom. The first-order valence-corrected chi connectivity index (χ1v) is 5.77. The van der Waals surface area contributed by atoms with Crippen LogP contribution in [0.3, 0.4) is 0 Å². The minimum Gasteiger partial charge on any atom is -0.344 e. The van der Waals surface area contributed by atoms with E-state index in [0.717, 1.165) is 0 Å². The molecule has 0 aliphatic carbocycles. The first-order chi connectivity index (χ1) is 7.97. The Morgan fingerprint density at radius 2 is 2.06 bits per heavy atom. The van der Waals surface area contributed by atoms with E-state index < -0.39 is 6.04 Å². The van der Waals surface area contributed by atoms with Gasteiger partial charge in [-0.15, -0.1) is 12.4 Å². The van der Waals surface area contributed by atoms with Gasteiger partial charge < -0.3 is 10.6 Å². The summed E-state index contributed by atoms with van der Waals surface area (Å²) < 4.78 is 0. The first kappa shape index (κ1) is 16.9. The molecule has 18 heavy (non-hydrogen) atoms. The molecule has 1 atom stereocenters. The normalized spacial score (nSPS) is 19.1. The Morgan fingerprint density at radius 3 is 2.50 bits per heavy atom. The Hall–Kier alpha value is -1.14. The van der Waals surface area contributed by atoms with Crippen LogP contribution in [-0.4, -0.2) is 48.3 Å². The van der Waals surface area contributed by atoms with Crippen LogP contribution in [0.15, 0.2) is 0 Å². The Bertz CT molecular complexity index is 333. The minimum atomic E-state index is -0.686. The van der Waals surface area contributed by atoms with Crippen molar-refractivity contribution in [3.05, 3.63) is 0 Å². The van der Waals surface area contributed by atoms with Gasteiger partial charge in [-0.25, -0.2) is 0 Å². The van der Waals surface area contributed by atoms with Gasteiger partial charge in [0.15, 0.2) is 0 Å². The van der Waals surface area contributed by atoms with Crippen molar-refractivity contribution in [3.8, 4) is 0 Å². The van der Waals surface area contributed by atoms with Gasteiger partial charge in [0.25, 0.3) is 5.91 Å². The summed E-state index contributed by atoms with van der Waals surface area (Å²) >= 11 is 0. The number of halogens is 1. The van der Waals surface area contributed by atoms with Crippen molar-refractivity contribution in [2.45, 2.75) is 38.8 Å². The summed E-state index contributed by atoms with van der Waals surface area (Å²) in [5, 5.41) is 5.44. The van der Waals surface area contributed by atoms with E-state index in [1.54, 1.807) is 20.9 Å². The number of imide groups is 1. The van der Waals surface area contributed by atoms with Crippen molar-refractivity contribution in [1.82, 2.24) is 15.5 Å². The SMILES string of the molecule is CNCCC(=O)NC1CC(=O)N(C(C)C)C1=O.Cl. The van der Waals surface area contributed by atoms with Crippen molar-refractivity contribution >= 4 is 30.1 Å². The van der Waals surface area contributed by atoms with Crippen molar-refractivity contribution in [2.75, 3.05) is 13.6 Å². The third-order valence-corrected chi connectivity index (χ3v) is 2.64. The van der Waals surface area contributed by atoms with Gasteiger partial charge in [0.1, 0.15) is 6.04 Å². The molecule has 1 unspecified atom stereocenters. The van der Waals surface area contributed by atoms with Crippen LogP contribution in [0.1, 0.15) is 26.7 Å². The predicted octanol–water partition coefficient (Wildman–Crippen LogP) is -0.330. The third-order valence-electron chi connectivity index (χ3n) is 2.64. The van der Waals surface area contributed by atoms with Crippen LogP contribution >= 0.6 is 12.4 Å². The lowest BCUT2D eigenvalue weighted by molar-refractivity contribution is -0.141. The number of hydrogen-bond donors (Lipinski definition) is 2. The van der Waals surface area contributed by atoms with Crippen molar-refractivity contribution < 1.29 is 14.4 Å². The lowest BCUT2D eigenvalue weighted by Crippen LogP contribution is -2.44. The number of carbonyl (C=O) groups is 3. The van der Waals surface area contributed by atoms with Gasteiger partial charge in [-0.05, 0) is 20.9 Å². The average Bonchev–Trinajstić information content (AvgIpc) is 2.51. The largest absolute Gasteiger partial charge is 0.344 e. The molecule has 1 aliphatic heterocycles. The number of likely N-dealkylation sites (tertiary alicyclic amines) is 1. The second-order valence-corrected chi connectivity index (χ2v) is 4.37. The van der Waals surface area contributed by atoms with Crippen LogP contribution < -0.4 is 10.6 Å². The van der Waals surface area contributed by atoms with Gasteiger partial charge in [0.2, 0.25) is 11.8 Å². The quantitative estimate of drug-likeness (QED) is 0.675. The van der Waals surface area contributed by atoms with Gasteiger partial charge >= 0.3 is 0 Å². The molecule has 6 nitrogen and oxygen atoms in total. The molecular weight excluding hydrogens is 258 g/mol. The van der Waals surface area contributed by atoms with Crippen molar-refractivity contribution in [3.63, 3.8) is 0 Å². The Balaban J connectivity index is 0.00000289. The summed E-state index contributed by atoms with van der Waals surface area (Å²) in [7, 11) is 1.75. The van der Waals surface area contributed by atoms with E-state index in [4.69, 9.17) is 0 Å². The Labute approximate surface area is 113 Å². The number of rotatable bonds is 5. The summed E-state index contributed by atoms with van der Waals surface area (Å²) in [5.74, 6) is -0.733. The second kappa shape index (κ2) is 7.33. The molecule has 0 spiro atoms. The fourth-order valence-electron chi connectivity index (χ4n) is 1.81. The fourth-order valence-corrected chi connectivity index (χ4v) is 1.81. The van der Waals surface area contributed by atoms with E-state index in [-0.39, 0.29) is 42.6 Å². The second-order valence-electron chi connectivity index (χ2n) is 4.37. The third kappa shape index (κ3) is 3.96. The number of carbonyl (C=O) groups excluding carboxylic acids is 3.